The van der Waals surface area contributed by atoms with Gasteiger partial charge in [-0.3, -0.25) is 4.79 Å². The molecule has 5 rings (SSSR count). The molecule has 1 aliphatic carbocycles. The number of benzene rings is 2. The van der Waals surface area contributed by atoms with Crippen molar-refractivity contribution in [1.82, 2.24) is 4.90 Å². The lowest BCUT2D eigenvalue weighted by Crippen LogP contribution is -2.46. The van der Waals surface area contributed by atoms with Crippen LogP contribution in [0.2, 0.25) is 0 Å². The van der Waals surface area contributed by atoms with Gasteiger partial charge in [-0.1, -0.05) is 54.1 Å². The zero-order chi connectivity index (χ0) is 19.1. The second-order valence-electron chi connectivity index (χ2n) is 8.43. The molecule has 2 aromatic carbocycles. The third-order valence-electron chi connectivity index (χ3n) is 6.38. The van der Waals surface area contributed by atoms with Crippen molar-refractivity contribution in [3.8, 4) is 0 Å². The van der Waals surface area contributed by atoms with Crippen LogP contribution < -0.4 is 0 Å². The maximum Gasteiger partial charge on any atom is 0.253 e. The first-order valence-corrected chi connectivity index (χ1v) is 10.0. The van der Waals surface area contributed by atoms with Crippen molar-refractivity contribution in [3.63, 3.8) is 0 Å². The van der Waals surface area contributed by atoms with Gasteiger partial charge in [-0.15, -0.1) is 0 Å². The molecule has 3 aliphatic rings. The first kappa shape index (κ1) is 17.7. The molecule has 2 heterocycles. The molecule has 2 atom stereocenters. The van der Waals surface area contributed by atoms with Crippen molar-refractivity contribution in [2.75, 3.05) is 26.3 Å². The van der Waals surface area contributed by atoms with Crippen LogP contribution in [0.1, 0.15) is 27.9 Å². The third kappa shape index (κ3) is 3.17. The summed E-state index contributed by atoms with van der Waals surface area (Å²) in [5.41, 5.74) is 3.50. The zero-order valence-corrected chi connectivity index (χ0v) is 15.9. The van der Waals surface area contributed by atoms with Crippen LogP contribution in [0.4, 0.5) is 0 Å². The van der Waals surface area contributed by atoms with E-state index in [2.05, 4.69) is 36.4 Å². The van der Waals surface area contributed by atoms with E-state index < -0.39 is 5.60 Å². The van der Waals surface area contributed by atoms with Crippen molar-refractivity contribution >= 4 is 5.91 Å². The van der Waals surface area contributed by atoms with E-state index in [1.165, 1.54) is 11.1 Å². The Morgan fingerprint density at radius 2 is 1.82 bits per heavy atom. The van der Waals surface area contributed by atoms with Gasteiger partial charge in [-0.05, 0) is 47.9 Å². The van der Waals surface area contributed by atoms with Crippen LogP contribution in [0.25, 0.3) is 0 Å². The lowest BCUT2D eigenvalue weighted by Gasteiger charge is -2.36. The first-order chi connectivity index (χ1) is 13.6. The van der Waals surface area contributed by atoms with Gasteiger partial charge in [0.2, 0.25) is 0 Å². The molecule has 28 heavy (non-hydrogen) atoms. The Hall–Kier alpha value is -2.43. The summed E-state index contributed by atoms with van der Waals surface area (Å²) in [6.45, 7) is 2.29. The van der Waals surface area contributed by atoms with Crippen LogP contribution in [-0.4, -0.2) is 42.2 Å². The summed E-state index contributed by atoms with van der Waals surface area (Å²) in [7, 11) is 0. The quantitative estimate of drug-likeness (QED) is 0.835. The molecule has 0 bridgehead atoms. The molecule has 4 heteroatoms. The van der Waals surface area contributed by atoms with E-state index in [1.807, 2.05) is 29.2 Å². The van der Waals surface area contributed by atoms with E-state index in [4.69, 9.17) is 4.74 Å². The average molecular weight is 375 g/mol. The fourth-order valence-corrected chi connectivity index (χ4v) is 4.73. The van der Waals surface area contributed by atoms with Crippen LogP contribution in [0.5, 0.6) is 0 Å². The van der Waals surface area contributed by atoms with Gasteiger partial charge in [0, 0.05) is 18.7 Å². The van der Waals surface area contributed by atoms with Crippen molar-refractivity contribution in [2.45, 2.75) is 18.4 Å². The molecule has 1 amide bonds. The minimum absolute atomic E-state index is 0.0933. The molecule has 144 valence electrons. The molecule has 0 aromatic heterocycles. The van der Waals surface area contributed by atoms with Crippen LogP contribution in [-0.2, 0) is 16.8 Å². The highest BCUT2D eigenvalue weighted by atomic mass is 16.5. The Morgan fingerprint density at radius 3 is 2.46 bits per heavy atom. The van der Waals surface area contributed by atoms with Gasteiger partial charge in [0.25, 0.3) is 5.91 Å². The first-order valence-electron chi connectivity index (χ1n) is 10.0. The predicted molar refractivity (Wildman–Crippen MR) is 107 cm³/mol. The van der Waals surface area contributed by atoms with Crippen molar-refractivity contribution in [1.29, 1.82) is 0 Å². The van der Waals surface area contributed by atoms with E-state index in [0.717, 1.165) is 31.5 Å². The molecule has 0 saturated carbocycles. The smallest absolute Gasteiger partial charge is 0.253 e. The number of amides is 1. The Balaban J connectivity index is 1.23. The molecule has 2 aliphatic heterocycles. The number of aliphatic hydroxyl groups is 1. The number of nitrogens with zero attached hydrogens (tertiary/aromatic N) is 1. The number of hydrogen-bond donors (Lipinski definition) is 1. The molecule has 0 spiro atoms. The van der Waals surface area contributed by atoms with Crippen LogP contribution in [0.3, 0.4) is 0 Å². The summed E-state index contributed by atoms with van der Waals surface area (Å²) in [5.74, 6) is 1.13. The van der Waals surface area contributed by atoms with Crippen molar-refractivity contribution in [3.05, 3.63) is 82.9 Å². The molecule has 0 radical (unpaired) electrons. The van der Waals surface area contributed by atoms with Gasteiger partial charge in [0.05, 0.1) is 13.2 Å². The topological polar surface area (TPSA) is 49.8 Å². The van der Waals surface area contributed by atoms with Gasteiger partial charge in [0.1, 0.15) is 5.60 Å². The maximum absolute atomic E-state index is 12.9. The van der Waals surface area contributed by atoms with Gasteiger partial charge in [0.15, 0.2) is 0 Å². The maximum atomic E-state index is 12.9. The number of hydrogen-bond acceptors (Lipinski definition) is 3. The van der Waals surface area contributed by atoms with Crippen LogP contribution >= 0.6 is 0 Å². The van der Waals surface area contributed by atoms with E-state index >= 15 is 0 Å². The molecule has 2 aromatic rings. The highest BCUT2D eigenvalue weighted by Crippen LogP contribution is 2.38. The van der Waals surface area contributed by atoms with E-state index in [0.29, 0.717) is 30.6 Å². The Bertz CT molecular complexity index is 899. The number of likely N-dealkylation sites (tertiary alicyclic amines) is 1. The number of carbonyl (C=O) groups excluding carboxylic acids is 1. The average Bonchev–Trinajstić information content (AvgIpc) is 3.25. The Kier molecular flexibility index (Phi) is 4.33. The predicted octanol–water partition coefficient (Wildman–Crippen LogP) is 3.17. The molecule has 4 nitrogen and oxygen atoms in total. The van der Waals surface area contributed by atoms with E-state index in [9.17, 15) is 9.90 Å². The fraction of sp³-hybridized carbons (Fsp3) is 0.375. The van der Waals surface area contributed by atoms with Crippen LogP contribution in [0, 0.1) is 11.8 Å². The van der Waals surface area contributed by atoms with Gasteiger partial charge in [-0.25, -0.2) is 0 Å². The van der Waals surface area contributed by atoms with Gasteiger partial charge in [-0.2, -0.15) is 0 Å². The summed E-state index contributed by atoms with van der Waals surface area (Å²) < 4.78 is 5.11. The highest BCUT2D eigenvalue weighted by Gasteiger charge is 2.39. The summed E-state index contributed by atoms with van der Waals surface area (Å²) >= 11 is 0. The number of carbonyl (C=O) groups is 1. The fourth-order valence-electron chi connectivity index (χ4n) is 4.73. The van der Waals surface area contributed by atoms with Gasteiger partial charge >= 0.3 is 0 Å². The minimum atomic E-state index is -0.883. The molecule has 2 fully saturated rings. The molecular formula is C24H25NO3. The number of rotatable bonds is 4. The molecule has 2 unspecified atom stereocenters. The third-order valence-corrected chi connectivity index (χ3v) is 6.38. The van der Waals surface area contributed by atoms with Gasteiger partial charge < -0.3 is 14.7 Å². The van der Waals surface area contributed by atoms with E-state index in [1.54, 1.807) is 0 Å². The lowest BCUT2D eigenvalue weighted by molar-refractivity contribution is -0.184. The largest absolute Gasteiger partial charge is 0.380 e. The molecular weight excluding hydrogens is 350 g/mol. The number of allylic oxidation sites excluding steroid dienone is 1. The summed E-state index contributed by atoms with van der Waals surface area (Å²) in [5, 5.41) is 10.3. The zero-order valence-electron chi connectivity index (χ0n) is 15.9. The normalized spacial score (nSPS) is 25.2. The Morgan fingerprint density at radius 1 is 1.07 bits per heavy atom. The summed E-state index contributed by atoms with van der Waals surface area (Å²) in [4.78, 5) is 14.9. The lowest BCUT2D eigenvalue weighted by atomic mass is 9.91. The number of ether oxygens (including phenoxy) is 1. The molecule has 1 N–H and O–H groups in total. The standard InChI is InChI=1S/C24H25NO3/c26-23(19-6-8-22(9-7-19)24(27)15-28-16-24)25-13-20-11-18(12-21(20)14-25)10-17-4-2-1-3-5-17/h1-9,11,20-21,27H,10,12-16H2. The summed E-state index contributed by atoms with van der Waals surface area (Å²) in [6, 6.07) is 18.0. The van der Waals surface area contributed by atoms with Crippen molar-refractivity contribution < 1.29 is 14.6 Å². The molecule has 2 saturated heterocycles. The summed E-state index contributed by atoms with van der Waals surface area (Å²) in [6.07, 6.45) is 4.52. The second-order valence-corrected chi connectivity index (χ2v) is 8.43. The number of fused-ring (bicyclic) bond motifs is 1. The van der Waals surface area contributed by atoms with Crippen molar-refractivity contribution in [2.24, 2.45) is 11.8 Å². The monoisotopic (exact) mass is 375 g/mol. The van der Waals surface area contributed by atoms with Crippen LogP contribution in [0.15, 0.2) is 66.2 Å². The van der Waals surface area contributed by atoms with E-state index in [-0.39, 0.29) is 5.91 Å². The Labute approximate surface area is 165 Å². The second kappa shape index (κ2) is 6.87. The minimum Gasteiger partial charge on any atom is -0.380 e. The highest BCUT2D eigenvalue weighted by molar-refractivity contribution is 5.94. The SMILES string of the molecule is O=C(c1ccc(C2(O)COC2)cc1)N1CC2C=C(Cc3ccccc3)CC2C1.